The highest BCUT2D eigenvalue weighted by Gasteiger charge is 2.24. The molecule has 1 aromatic heterocycles. The summed E-state index contributed by atoms with van der Waals surface area (Å²) in [5.41, 5.74) is -0.393. The number of nitrogens with zero attached hydrogens (tertiary/aromatic N) is 3. The maximum atomic E-state index is 13.1. The number of benzene rings is 1. The second-order valence-corrected chi connectivity index (χ2v) is 4.42. The fourth-order valence-electron chi connectivity index (χ4n) is 1.44. The van der Waals surface area contributed by atoms with Gasteiger partial charge in [-0.25, -0.2) is 9.37 Å². The Balaban J connectivity index is 2.42. The molecular formula is C11H8BrFN4O3. The highest BCUT2D eigenvalue weighted by molar-refractivity contribution is 9.10. The third-order valence-corrected chi connectivity index (χ3v) is 2.92. The SMILES string of the molecule is CNc1ncnc(Oc2ccc(F)c(Br)c2)c1[N+](=O)[O-]. The molecule has 0 aliphatic rings. The number of nitrogens with one attached hydrogen (secondary N) is 1. The number of hydrogen-bond donors (Lipinski definition) is 1. The normalized spacial score (nSPS) is 10.2. The zero-order valence-electron chi connectivity index (χ0n) is 10.1. The molecule has 0 unspecified atom stereocenters. The molecule has 0 saturated heterocycles. The molecule has 7 nitrogen and oxygen atoms in total. The van der Waals surface area contributed by atoms with E-state index in [0.29, 0.717) is 0 Å². The molecule has 0 aliphatic heterocycles. The Morgan fingerprint density at radius 3 is 2.80 bits per heavy atom. The van der Waals surface area contributed by atoms with Gasteiger partial charge in [-0.2, -0.15) is 4.98 Å². The van der Waals surface area contributed by atoms with Crippen LogP contribution < -0.4 is 10.1 Å². The Hall–Kier alpha value is -2.29. The van der Waals surface area contributed by atoms with Crippen molar-refractivity contribution in [2.75, 3.05) is 12.4 Å². The molecule has 0 spiro atoms. The van der Waals surface area contributed by atoms with Crippen LogP contribution in [-0.4, -0.2) is 21.9 Å². The van der Waals surface area contributed by atoms with Crippen LogP contribution in [0, 0.1) is 15.9 Å². The minimum Gasteiger partial charge on any atom is -0.434 e. The second kappa shape index (κ2) is 5.78. The summed E-state index contributed by atoms with van der Waals surface area (Å²) in [5, 5.41) is 13.6. The van der Waals surface area contributed by atoms with Gasteiger partial charge < -0.3 is 10.1 Å². The lowest BCUT2D eigenvalue weighted by molar-refractivity contribution is -0.385. The molecule has 1 heterocycles. The lowest BCUT2D eigenvalue weighted by Crippen LogP contribution is -2.03. The van der Waals surface area contributed by atoms with E-state index in [1.165, 1.54) is 25.2 Å². The molecule has 104 valence electrons. The molecule has 9 heteroatoms. The lowest BCUT2D eigenvalue weighted by atomic mass is 10.3. The van der Waals surface area contributed by atoms with E-state index < -0.39 is 16.4 Å². The summed E-state index contributed by atoms with van der Waals surface area (Å²) in [6.45, 7) is 0. The molecule has 1 N–H and O–H groups in total. The van der Waals surface area contributed by atoms with Crippen molar-refractivity contribution in [3.05, 3.63) is 44.9 Å². The lowest BCUT2D eigenvalue weighted by Gasteiger charge is -2.07. The average molecular weight is 343 g/mol. The van der Waals surface area contributed by atoms with Gasteiger partial charge in [-0.3, -0.25) is 10.1 Å². The summed E-state index contributed by atoms with van der Waals surface area (Å²) in [5.74, 6) is -0.457. The Bertz CT molecular complexity index is 668. The van der Waals surface area contributed by atoms with Crippen LogP contribution >= 0.6 is 15.9 Å². The molecule has 0 saturated carbocycles. The molecule has 2 rings (SSSR count). The summed E-state index contributed by atoms with van der Waals surface area (Å²) in [6.07, 6.45) is 1.13. The number of ether oxygens (including phenoxy) is 1. The first-order valence-electron chi connectivity index (χ1n) is 5.33. The summed E-state index contributed by atoms with van der Waals surface area (Å²) in [7, 11) is 1.49. The molecule has 0 amide bonds. The number of anilines is 1. The first-order chi connectivity index (χ1) is 9.52. The predicted octanol–water partition coefficient (Wildman–Crippen LogP) is 3.12. The van der Waals surface area contributed by atoms with Crippen LogP contribution in [-0.2, 0) is 0 Å². The molecule has 0 bridgehead atoms. The number of hydrogen-bond acceptors (Lipinski definition) is 6. The minimum absolute atomic E-state index is 0.0289. The zero-order valence-corrected chi connectivity index (χ0v) is 11.7. The predicted molar refractivity (Wildman–Crippen MR) is 72.4 cm³/mol. The summed E-state index contributed by atoms with van der Waals surface area (Å²) >= 11 is 3.00. The van der Waals surface area contributed by atoms with Crippen molar-refractivity contribution in [1.29, 1.82) is 0 Å². The Kier molecular flexibility index (Phi) is 4.08. The fourth-order valence-corrected chi connectivity index (χ4v) is 1.79. The van der Waals surface area contributed by atoms with Crippen LogP contribution in [0.4, 0.5) is 15.9 Å². The third kappa shape index (κ3) is 2.82. The quantitative estimate of drug-likeness (QED) is 0.678. The van der Waals surface area contributed by atoms with Gasteiger partial charge in [0.1, 0.15) is 17.9 Å². The maximum Gasteiger partial charge on any atom is 0.373 e. The van der Waals surface area contributed by atoms with Gasteiger partial charge in [0, 0.05) is 7.05 Å². The largest absolute Gasteiger partial charge is 0.434 e. The van der Waals surface area contributed by atoms with Gasteiger partial charge in [0.15, 0.2) is 0 Å². The third-order valence-electron chi connectivity index (χ3n) is 2.31. The fraction of sp³-hybridized carbons (Fsp3) is 0.0909. The molecule has 2 aromatic rings. The minimum atomic E-state index is -0.653. The van der Waals surface area contributed by atoms with Gasteiger partial charge in [0.05, 0.1) is 9.40 Å². The van der Waals surface area contributed by atoms with E-state index in [1.807, 2.05) is 0 Å². The van der Waals surface area contributed by atoms with Gasteiger partial charge in [-0.15, -0.1) is 0 Å². The van der Waals surface area contributed by atoms with Gasteiger partial charge in [-0.1, -0.05) is 0 Å². The van der Waals surface area contributed by atoms with Gasteiger partial charge in [0.2, 0.25) is 5.82 Å². The molecule has 0 fully saturated rings. The molecule has 0 atom stereocenters. The van der Waals surface area contributed by atoms with E-state index >= 15 is 0 Å². The van der Waals surface area contributed by atoms with Gasteiger partial charge in [-0.05, 0) is 34.1 Å². The van der Waals surface area contributed by atoms with Crippen molar-refractivity contribution in [1.82, 2.24) is 9.97 Å². The number of halogens is 2. The van der Waals surface area contributed by atoms with E-state index in [-0.39, 0.29) is 21.9 Å². The van der Waals surface area contributed by atoms with Crippen LogP contribution in [0.1, 0.15) is 0 Å². The average Bonchev–Trinajstić information content (AvgIpc) is 2.42. The summed E-state index contributed by atoms with van der Waals surface area (Å²) < 4.78 is 18.6. The Morgan fingerprint density at radius 1 is 1.45 bits per heavy atom. The van der Waals surface area contributed by atoms with Crippen molar-refractivity contribution < 1.29 is 14.1 Å². The van der Waals surface area contributed by atoms with Crippen LogP contribution in [0.25, 0.3) is 0 Å². The van der Waals surface area contributed by atoms with Crippen molar-refractivity contribution >= 4 is 27.4 Å². The van der Waals surface area contributed by atoms with Crippen LogP contribution in [0.2, 0.25) is 0 Å². The maximum absolute atomic E-state index is 13.1. The van der Waals surface area contributed by atoms with Crippen LogP contribution in [0.3, 0.4) is 0 Å². The molecule has 1 aromatic carbocycles. The summed E-state index contributed by atoms with van der Waals surface area (Å²) in [6, 6.07) is 3.86. The van der Waals surface area contributed by atoms with E-state index in [2.05, 4.69) is 31.2 Å². The first kappa shape index (κ1) is 14.1. The van der Waals surface area contributed by atoms with Gasteiger partial charge in [0.25, 0.3) is 0 Å². The Morgan fingerprint density at radius 2 is 2.20 bits per heavy atom. The number of rotatable bonds is 4. The van der Waals surface area contributed by atoms with Gasteiger partial charge >= 0.3 is 11.6 Å². The van der Waals surface area contributed by atoms with Crippen LogP contribution in [0.15, 0.2) is 29.0 Å². The van der Waals surface area contributed by atoms with Crippen LogP contribution in [0.5, 0.6) is 11.6 Å². The Labute approximate surface area is 121 Å². The standard InChI is InChI=1S/C11H8BrFN4O3/c1-14-10-9(17(18)19)11(16-5-15-10)20-6-2-3-8(13)7(12)4-6/h2-5H,1H3,(H,14,15,16). The molecule has 0 aliphatic carbocycles. The zero-order chi connectivity index (χ0) is 14.7. The smallest absolute Gasteiger partial charge is 0.373 e. The highest BCUT2D eigenvalue weighted by atomic mass is 79.9. The van der Waals surface area contributed by atoms with Crippen molar-refractivity contribution in [3.8, 4) is 11.6 Å². The first-order valence-corrected chi connectivity index (χ1v) is 6.12. The van der Waals surface area contributed by atoms with E-state index in [1.54, 1.807) is 0 Å². The van der Waals surface area contributed by atoms with Crippen molar-refractivity contribution in [2.24, 2.45) is 0 Å². The summed E-state index contributed by atoms with van der Waals surface area (Å²) in [4.78, 5) is 17.9. The second-order valence-electron chi connectivity index (χ2n) is 3.56. The monoisotopic (exact) mass is 342 g/mol. The van der Waals surface area contributed by atoms with E-state index in [9.17, 15) is 14.5 Å². The number of nitro groups is 1. The molecule has 0 radical (unpaired) electrons. The number of aromatic nitrogens is 2. The van der Waals surface area contributed by atoms with Crippen molar-refractivity contribution in [3.63, 3.8) is 0 Å². The highest BCUT2D eigenvalue weighted by Crippen LogP contribution is 2.34. The molecular weight excluding hydrogens is 335 g/mol. The topological polar surface area (TPSA) is 90.2 Å². The van der Waals surface area contributed by atoms with E-state index in [0.717, 1.165) is 6.33 Å². The molecule has 20 heavy (non-hydrogen) atoms. The van der Waals surface area contributed by atoms with E-state index in [4.69, 9.17) is 4.74 Å². The van der Waals surface area contributed by atoms with Crippen molar-refractivity contribution in [2.45, 2.75) is 0 Å².